The lowest BCUT2D eigenvalue weighted by Gasteiger charge is -2.19. The highest BCUT2D eigenvalue weighted by molar-refractivity contribution is 7.91. The second kappa shape index (κ2) is 3.09. The number of rotatable bonds is 0. The summed E-state index contributed by atoms with van der Waals surface area (Å²) in [4.78, 5) is 0.304. The second-order valence-corrected chi connectivity index (χ2v) is 5.27. The van der Waals surface area contributed by atoms with Crippen LogP contribution in [0.4, 0.5) is 0 Å². The van der Waals surface area contributed by atoms with E-state index in [2.05, 4.69) is 6.07 Å². The van der Waals surface area contributed by atoms with E-state index in [4.69, 9.17) is 4.74 Å². The van der Waals surface area contributed by atoms with Gasteiger partial charge in [-0.05, 0) is 18.2 Å². The smallest absolute Gasteiger partial charge is 0.214 e. The summed E-state index contributed by atoms with van der Waals surface area (Å²) in [6.45, 7) is 0. The minimum atomic E-state index is -3.48. The fourth-order valence-corrected chi connectivity index (χ4v) is 3.13. The standard InChI is InChI=1S/C12H7O3S/c13-16(14)11-7-3-1-5-9(11)15-10-6-2-4-8-12(10)16/h1-7H. The molecular weight excluding hydrogens is 224 g/mol. The Balaban J connectivity index is 2.37. The van der Waals surface area contributed by atoms with Crippen LogP contribution < -0.4 is 4.74 Å². The van der Waals surface area contributed by atoms with E-state index >= 15 is 0 Å². The van der Waals surface area contributed by atoms with Crippen molar-refractivity contribution in [2.45, 2.75) is 9.79 Å². The van der Waals surface area contributed by atoms with Crippen LogP contribution in [0.1, 0.15) is 0 Å². The summed E-state index contributed by atoms with van der Waals surface area (Å²) in [5.74, 6) is 0.704. The van der Waals surface area contributed by atoms with Crippen molar-refractivity contribution in [3.05, 3.63) is 48.5 Å². The number of para-hydroxylation sites is 1. The van der Waals surface area contributed by atoms with Crippen molar-refractivity contribution in [3.63, 3.8) is 0 Å². The number of hydrogen-bond donors (Lipinski definition) is 0. The highest BCUT2D eigenvalue weighted by Gasteiger charge is 2.30. The van der Waals surface area contributed by atoms with E-state index < -0.39 is 9.84 Å². The predicted molar refractivity (Wildman–Crippen MR) is 57.2 cm³/mol. The summed E-state index contributed by atoms with van der Waals surface area (Å²) in [5.41, 5.74) is 0. The normalized spacial score (nSPS) is 15.8. The van der Waals surface area contributed by atoms with Gasteiger partial charge in [-0.3, -0.25) is 0 Å². The molecule has 1 aliphatic rings. The van der Waals surface area contributed by atoms with E-state index in [1.807, 2.05) is 0 Å². The Morgan fingerprint density at radius 3 is 2.62 bits per heavy atom. The third-order valence-corrected chi connectivity index (χ3v) is 4.18. The van der Waals surface area contributed by atoms with E-state index in [1.54, 1.807) is 36.4 Å². The molecule has 0 spiro atoms. The van der Waals surface area contributed by atoms with Crippen LogP contribution in [0, 0.1) is 6.07 Å². The lowest BCUT2D eigenvalue weighted by molar-refractivity contribution is 0.442. The van der Waals surface area contributed by atoms with Crippen LogP contribution in [0.25, 0.3) is 0 Å². The van der Waals surface area contributed by atoms with Gasteiger partial charge >= 0.3 is 0 Å². The quantitative estimate of drug-likeness (QED) is 0.596. The molecule has 3 rings (SSSR count). The molecule has 79 valence electrons. The Bertz CT molecular complexity index is 608. The molecule has 0 atom stereocenters. The van der Waals surface area contributed by atoms with Crippen molar-refractivity contribution in [1.82, 2.24) is 0 Å². The minimum absolute atomic E-state index is 0.105. The zero-order valence-corrected chi connectivity index (χ0v) is 8.99. The average Bonchev–Trinajstić information content (AvgIpc) is 2.29. The van der Waals surface area contributed by atoms with Crippen LogP contribution in [0.15, 0.2) is 52.3 Å². The number of hydrogen-bond acceptors (Lipinski definition) is 3. The lowest BCUT2D eigenvalue weighted by atomic mass is 10.3. The summed E-state index contributed by atoms with van der Waals surface area (Å²) < 4.78 is 29.9. The van der Waals surface area contributed by atoms with Gasteiger partial charge < -0.3 is 4.74 Å². The van der Waals surface area contributed by atoms with E-state index in [1.165, 1.54) is 6.07 Å². The van der Waals surface area contributed by atoms with Gasteiger partial charge in [-0.2, -0.15) is 0 Å². The van der Waals surface area contributed by atoms with Gasteiger partial charge in [0.05, 0.1) is 0 Å². The van der Waals surface area contributed by atoms with Crippen LogP contribution in [-0.4, -0.2) is 8.42 Å². The zero-order chi connectivity index (χ0) is 11.2. The topological polar surface area (TPSA) is 43.4 Å². The Morgan fingerprint density at radius 1 is 1.00 bits per heavy atom. The average molecular weight is 231 g/mol. The van der Waals surface area contributed by atoms with Crippen molar-refractivity contribution in [3.8, 4) is 11.5 Å². The summed E-state index contributed by atoms with van der Waals surface area (Å²) >= 11 is 0. The number of ether oxygens (including phenoxy) is 1. The number of sulfone groups is 1. The maximum absolute atomic E-state index is 12.2. The summed E-state index contributed by atoms with van der Waals surface area (Å²) in [7, 11) is -3.48. The highest BCUT2D eigenvalue weighted by atomic mass is 32.2. The van der Waals surface area contributed by atoms with Crippen LogP contribution in [0.3, 0.4) is 0 Å². The molecule has 0 amide bonds. The fraction of sp³-hybridized carbons (Fsp3) is 0. The van der Waals surface area contributed by atoms with Crippen LogP contribution >= 0.6 is 0 Å². The van der Waals surface area contributed by atoms with Gasteiger partial charge in [-0.15, -0.1) is 0 Å². The van der Waals surface area contributed by atoms with Crippen LogP contribution in [-0.2, 0) is 9.84 Å². The summed E-state index contributed by atoms with van der Waals surface area (Å²) in [6, 6.07) is 14.2. The fourth-order valence-electron chi connectivity index (χ4n) is 1.68. The highest BCUT2D eigenvalue weighted by Crippen LogP contribution is 2.41. The Hall–Kier alpha value is -1.81. The van der Waals surface area contributed by atoms with Crippen molar-refractivity contribution in [2.24, 2.45) is 0 Å². The van der Waals surface area contributed by atoms with Gasteiger partial charge in [0.1, 0.15) is 21.3 Å². The molecule has 0 bridgehead atoms. The van der Waals surface area contributed by atoms with Gasteiger partial charge in [0, 0.05) is 6.07 Å². The molecule has 0 aliphatic carbocycles. The Kier molecular flexibility index (Phi) is 1.82. The largest absolute Gasteiger partial charge is 0.455 e. The molecule has 0 fully saturated rings. The van der Waals surface area contributed by atoms with E-state index in [-0.39, 0.29) is 9.79 Å². The van der Waals surface area contributed by atoms with Gasteiger partial charge in [-0.25, -0.2) is 8.42 Å². The molecule has 0 saturated carbocycles. The molecule has 0 aromatic heterocycles. The monoisotopic (exact) mass is 231 g/mol. The van der Waals surface area contributed by atoms with E-state index in [9.17, 15) is 8.42 Å². The molecule has 1 heterocycles. The van der Waals surface area contributed by atoms with Crippen molar-refractivity contribution in [2.75, 3.05) is 0 Å². The third kappa shape index (κ3) is 1.17. The van der Waals surface area contributed by atoms with Gasteiger partial charge in [-0.1, -0.05) is 24.3 Å². The Morgan fingerprint density at radius 2 is 1.75 bits per heavy atom. The maximum Gasteiger partial charge on any atom is 0.214 e. The van der Waals surface area contributed by atoms with Crippen molar-refractivity contribution < 1.29 is 13.2 Å². The molecule has 4 heteroatoms. The number of fused-ring (bicyclic) bond motifs is 2. The van der Waals surface area contributed by atoms with Crippen molar-refractivity contribution >= 4 is 9.84 Å². The molecule has 0 saturated heterocycles. The summed E-state index contributed by atoms with van der Waals surface area (Å²) in [5, 5.41) is 0. The molecule has 2 aromatic rings. The predicted octanol–water partition coefficient (Wildman–Crippen LogP) is 2.43. The molecule has 0 N–H and O–H groups in total. The van der Waals surface area contributed by atoms with Crippen molar-refractivity contribution in [1.29, 1.82) is 0 Å². The molecular formula is C12H7O3S. The first-order valence-electron chi connectivity index (χ1n) is 4.72. The molecule has 2 aromatic carbocycles. The molecule has 3 nitrogen and oxygen atoms in total. The third-order valence-electron chi connectivity index (χ3n) is 2.41. The molecule has 1 aliphatic heterocycles. The Labute approximate surface area is 93.2 Å². The lowest BCUT2D eigenvalue weighted by Crippen LogP contribution is -2.10. The van der Waals surface area contributed by atoms with E-state index in [0.717, 1.165) is 0 Å². The SMILES string of the molecule is O=S1(=O)c2[c]cccc2Oc2ccccc21. The first-order chi connectivity index (χ1) is 7.69. The van der Waals surface area contributed by atoms with Gasteiger partial charge in [0.15, 0.2) is 0 Å². The van der Waals surface area contributed by atoms with Gasteiger partial charge in [0.2, 0.25) is 9.84 Å². The summed E-state index contributed by atoms with van der Waals surface area (Å²) in [6.07, 6.45) is 0. The minimum Gasteiger partial charge on any atom is -0.455 e. The first-order valence-corrected chi connectivity index (χ1v) is 6.20. The maximum atomic E-state index is 12.2. The molecule has 16 heavy (non-hydrogen) atoms. The first kappa shape index (κ1) is 9.42. The molecule has 1 radical (unpaired) electrons. The number of benzene rings is 2. The van der Waals surface area contributed by atoms with E-state index in [0.29, 0.717) is 11.5 Å². The van der Waals surface area contributed by atoms with Gasteiger partial charge in [0.25, 0.3) is 0 Å². The van der Waals surface area contributed by atoms with Crippen LogP contribution in [0.5, 0.6) is 11.5 Å². The van der Waals surface area contributed by atoms with Crippen LogP contribution in [0.2, 0.25) is 0 Å². The molecule has 0 unspecified atom stereocenters. The zero-order valence-electron chi connectivity index (χ0n) is 8.17. The second-order valence-electron chi connectivity index (χ2n) is 3.42.